The first-order valence-electron chi connectivity index (χ1n) is 3.41. The van der Waals surface area contributed by atoms with Crippen LogP contribution >= 0.6 is 0 Å². The number of unbranched alkanes of at least 4 members (excludes halogenated alkanes) is 2. The largest absolute Gasteiger partial charge is 0.0654 e. The van der Waals surface area contributed by atoms with Gasteiger partial charge in [0.25, 0.3) is 0 Å². The van der Waals surface area contributed by atoms with Crippen LogP contribution in [0.3, 0.4) is 0 Å². The third kappa shape index (κ3) is 49.9. The van der Waals surface area contributed by atoms with E-state index in [0.29, 0.717) is 0 Å². The van der Waals surface area contributed by atoms with Gasteiger partial charge >= 0.3 is 0 Å². The van der Waals surface area contributed by atoms with Crippen molar-refractivity contribution >= 4 is 0 Å². The summed E-state index contributed by atoms with van der Waals surface area (Å²) >= 11 is 0. The number of hydrogen-bond donors (Lipinski definition) is 0. The van der Waals surface area contributed by atoms with E-state index < -0.39 is 0 Å². The van der Waals surface area contributed by atoms with Crippen LogP contribution in [0.4, 0.5) is 0 Å². The third-order valence-electron chi connectivity index (χ3n) is 0.707. The summed E-state index contributed by atoms with van der Waals surface area (Å²) in [5.74, 6) is 0. The zero-order valence-corrected chi connectivity index (χ0v) is 12.4. The molecule has 0 bridgehead atoms. The van der Waals surface area contributed by atoms with Gasteiger partial charge in [-0.3, -0.25) is 0 Å². The van der Waals surface area contributed by atoms with E-state index in [1.54, 1.807) is 0 Å². The summed E-state index contributed by atoms with van der Waals surface area (Å²) in [6, 6.07) is 0. The van der Waals surface area contributed by atoms with Crippen molar-refractivity contribution in [2.45, 2.75) is 39.5 Å². The van der Waals surface area contributed by atoms with Crippen LogP contribution in [0.15, 0.2) is 0 Å². The Hall–Kier alpha value is 0.935. The van der Waals surface area contributed by atoms with Gasteiger partial charge in [-0.15, -0.1) is 0 Å². The topological polar surface area (TPSA) is 0 Å². The van der Waals surface area contributed by atoms with Crippen LogP contribution in [0.5, 0.6) is 0 Å². The van der Waals surface area contributed by atoms with Crippen molar-refractivity contribution in [3.63, 3.8) is 0 Å². The van der Waals surface area contributed by atoms with Crippen LogP contribution in [-0.4, -0.2) is 0 Å². The van der Waals surface area contributed by atoms with Crippen LogP contribution in [0.2, 0.25) is 0 Å². The molecule has 0 aliphatic carbocycles. The maximum atomic E-state index is 3.60. The molecule has 2 radical (unpaired) electrons. The molecule has 0 N–H and O–H groups in total. The van der Waals surface area contributed by atoms with Crippen LogP contribution in [0, 0.1) is 13.8 Å². The Kier molecular flexibility index (Phi) is 42.3. The minimum atomic E-state index is 0. The van der Waals surface area contributed by atoms with Gasteiger partial charge in [0.2, 0.25) is 0 Å². The zero-order valence-electron chi connectivity index (χ0n) is 6.95. The quantitative estimate of drug-likeness (QED) is 0.687. The Morgan fingerprint density at radius 1 is 0.889 bits per heavy atom. The molecule has 0 spiro atoms. The molecule has 1 heteroatoms. The second kappa shape index (κ2) is 23.1. The Labute approximate surface area is 80.9 Å². The number of hydrogen-bond acceptors (Lipinski definition) is 0. The van der Waals surface area contributed by atoms with Gasteiger partial charge in [0.1, 0.15) is 0 Å². The summed E-state index contributed by atoms with van der Waals surface area (Å²) in [4.78, 5) is 0. The molecule has 0 aromatic rings. The molecule has 0 rings (SSSR count). The molecule has 0 aromatic carbocycles. The van der Waals surface area contributed by atoms with Gasteiger partial charge in [-0.05, 0) is 0 Å². The van der Waals surface area contributed by atoms with Gasteiger partial charge in [-0.2, -0.15) is 0 Å². The second-order valence-corrected chi connectivity index (χ2v) is 1.71. The van der Waals surface area contributed by atoms with Crippen molar-refractivity contribution < 1.29 is 27.7 Å². The van der Waals surface area contributed by atoms with E-state index in [-0.39, 0.29) is 27.7 Å². The molecular weight excluding hydrogens is 297 g/mol. The van der Waals surface area contributed by atoms with E-state index >= 15 is 0 Å². The maximum Gasteiger partial charge on any atom is 0 e. The molecule has 0 amide bonds. The van der Waals surface area contributed by atoms with E-state index in [1.807, 2.05) is 0 Å². The minimum Gasteiger partial charge on any atom is -0.0654 e. The standard InChI is InChI=1S/2C4H9.Hg/c2*1-3-4-2;/h2*1,3-4H2,2H3;. The van der Waals surface area contributed by atoms with E-state index in [9.17, 15) is 0 Å². The Morgan fingerprint density at radius 3 is 1.00 bits per heavy atom. The van der Waals surface area contributed by atoms with E-state index in [4.69, 9.17) is 0 Å². The molecule has 0 saturated carbocycles. The molecule has 0 heterocycles. The summed E-state index contributed by atoms with van der Waals surface area (Å²) in [5.41, 5.74) is 0. The molecule has 0 unspecified atom stereocenters. The van der Waals surface area contributed by atoms with E-state index in [1.165, 1.54) is 12.8 Å². The summed E-state index contributed by atoms with van der Waals surface area (Å²) in [5, 5.41) is 0. The monoisotopic (exact) mass is 316 g/mol. The van der Waals surface area contributed by atoms with Crippen LogP contribution in [0.25, 0.3) is 0 Å². The molecule has 0 aliphatic rings. The first-order valence-corrected chi connectivity index (χ1v) is 3.41. The molecule has 0 aliphatic heterocycles. The first kappa shape index (κ1) is 16.5. The van der Waals surface area contributed by atoms with Crippen molar-refractivity contribution in [3.05, 3.63) is 13.8 Å². The van der Waals surface area contributed by atoms with Gasteiger partial charge in [-0.1, -0.05) is 53.4 Å². The number of rotatable bonds is 2. The predicted octanol–water partition coefficient (Wildman–Crippen LogP) is 3.24. The third-order valence-corrected chi connectivity index (χ3v) is 0.707. The van der Waals surface area contributed by atoms with Crippen molar-refractivity contribution in [2.75, 3.05) is 0 Å². The average molecular weight is 315 g/mol. The van der Waals surface area contributed by atoms with Crippen molar-refractivity contribution in [3.8, 4) is 0 Å². The molecule has 0 atom stereocenters. The zero-order chi connectivity index (χ0) is 6.83. The van der Waals surface area contributed by atoms with E-state index in [0.717, 1.165) is 12.8 Å². The fourth-order valence-electron chi connectivity index (χ4n) is 0. The molecule has 9 heavy (non-hydrogen) atoms. The molecule has 0 nitrogen and oxygen atoms in total. The maximum absolute atomic E-state index is 3.60. The molecule has 0 aromatic heterocycles. The Balaban J connectivity index is -0.0000000720. The molecule has 0 saturated heterocycles. The summed E-state index contributed by atoms with van der Waals surface area (Å²) in [6.45, 7) is 11.4. The van der Waals surface area contributed by atoms with Gasteiger partial charge in [0.15, 0.2) is 0 Å². The summed E-state index contributed by atoms with van der Waals surface area (Å²) in [6.07, 6.45) is 4.56. The molecular formula is C8H18Hg. The van der Waals surface area contributed by atoms with Crippen molar-refractivity contribution in [1.29, 1.82) is 0 Å². The Bertz CT molecular complexity index is 12.5. The fourth-order valence-corrected chi connectivity index (χ4v) is 0. The molecule has 52 valence electrons. The summed E-state index contributed by atoms with van der Waals surface area (Å²) < 4.78 is 0. The normalized spacial score (nSPS) is 6.67. The van der Waals surface area contributed by atoms with Gasteiger partial charge in [0, 0.05) is 27.7 Å². The summed E-state index contributed by atoms with van der Waals surface area (Å²) in [7, 11) is 0. The predicted molar refractivity (Wildman–Crippen MR) is 40.5 cm³/mol. The van der Waals surface area contributed by atoms with Gasteiger partial charge in [-0.25, -0.2) is 0 Å². The van der Waals surface area contributed by atoms with E-state index in [2.05, 4.69) is 27.7 Å². The van der Waals surface area contributed by atoms with Crippen molar-refractivity contribution in [1.82, 2.24) is 0 Å². The van der Waals surface area contributed by atoms with Gasteiger partial charge < -0.3 is 0 Å². The van der Waals surface area contributed by atoms with Gasteiger partial charge in [0.05, 0.1) is 0 Å². The smallest absolute Gasteiger partial charge is 0 e. The van der Waals surface area contributed by atoms with Crippen LogP contribution < -0.4 is 0 Å². The fraction of sp³-hybridized carbons (Fsp3) is 0.750. The van der Waals surface area contributed by atoms with Crippen molar-refractivity contribution in [2.24, 2.45) is 0 Å². The Morgan fingerprint density at radius 2 is 1.00 bits per heavy atom. The average Bonchev–Trinajstić information content (AvgIpc) is 1.88. The minimum absolute atomic E-state index is 0. The van der Waals surface area contributed by atoms with Crippen LogP contribution in [0.1, 0.15) is 39.5 Å². The second-order valence-electron chi connectivity index (χ2n) is 1.71. The first-order chi connectivity index (χ1) is 3.83. The van der Waals surface area contributed by atoms with Crippen LogP contribution in [-0.2, 0) is 27.7 Å². The SMILES string of the molecule is [CH2]CCC.[CH2]CCC.[Hg]. The molecule has 0 fully saturated rings.